The summed E-state index contributed by atoms with van der Waals surface area (Å²) in [6.07, 6.45) is 0. The van der Waals surface area contributed by atoms with Crippen LogP contribution in [0, 0.1) is 0 Å². The maximum Gasteiger partial charge on any atom is 0.216 e. The van der Waals surface area contributed by atoms with Gasteiger partial charge in [-0.3, -0.25) is 0 Å². The quantitative estimate of drug-likeness (QED) is 0.498. The van der Waals surface area contributed by atoms with Crippen LogP contribution in [0.5, 0.6) is 0 Å². The van der Waals surface area contributed by atoms with Crippen LogP contribution in [0.15, 0.2) is 0 Å². The van der Waals surface area contributed by atoms with Gasteiger partial charge in [0.2, 0.25) is 10.0 Å². The summed E-state index contributed by atoms with van der Waals surface area (Å²) in [5.41, 5.74) is 0. The highest BCUT2D eigenvalue weighted by Gasteiger charge is 2.19. The van der Waals surface area contributed by atoms with E-state index in [0.717, 1.165) is 0 Å². The van der Waals surface area contributed by atoms with Crippen LogP contribution in [-0.2, 0) is 19.5 Å². The minimum Gasteiger partial charge on any atom is -0.383 e. The van der Waals surface area contributed by atoms with Crippen LogP contribution in [0.1, 0.15) is 6.92 Å². The molecule has 0 saturated heterocycles. The molecule has 0 aromatic heterocycles. The predicted octanol–water partition coefficient (Wildman–Crippen LogP) is -0.823. The van der Waals surface area contributed by atoms with Crippen molar-refractivity contribution in [3.05, 3.63) is 0 Å². The number of ether oxygens (including phenoxy) is 2. The molecule has 0 rings (SSSR count). The van der Waals surface area contributed by atoms with E-state index in [9.17, 15) is 8.42 Å². The Balaban J connectivity index is 3.66. The van der Waals surface area contributed by atoms with Gasteiger partial charge >= 0.3 is 0 Å². The van der Waals surface area contributed by atoms with Gasteiger partial charge < -0.3 is 14.8 Å². The van der Waals surface area contributed by atoms with Gasteiger partial charge in [-0.15, -0.1) is 0 Å². The molecule has 6 nitrogen and oxygen atoms in total. The normalized spacial score (nSPS) is 13.9. The number of nitrogens with one attached hydrogen (secondary N) is 2. The Hall–Kier alpha value is -0.210. The van der Waals surface area contributed by atoms with Crippen LogP contribution in [0.2, 0.25) is 0 Å². The molecule has 1 atom stereocenters. The molecule has 0 amide bonds. The third-order valence-corrected chi connectivity index (χ3v) is 3.82. The lowest BCUT2D eigenvalue weighted by Crippen LogP contribution is -2.39. The van der Waals surface area contributed by atoms with E-state index in [-0.39, 0.29) is 6.61 Å². The second kappa shape index (κ2) is 8.89. The summed E-state index contributed by atoms with van der Waals surface area (Å²) in [5.74, 6) is 0. The van der Waals surface area contributed by atoms with Gasteiger partial charge in [0.25, 0.3) is 0 Å². The standard InChI is InChI=1S/C9H22N2O4S/c1-9(8-15-3)16(12,13)11-5-4-10-6-7-14-2/h9-11H,4-8H2,1-3H3. The zero-order valence-corrected chi connectivity index (χ0v) is 11.0. The lowest BCUT2D eigenvalue weighted by atomic mass is 10.5. The van der Waals surface area contributed by atoms with Crippen molar-refractivity contribution in [1.29, 1.82) is 0 Å². The van der Waals surface area contributed by atoms with Gasteiger partial charge in [0.05, 0.1) is 18.5 Å². The maximum atomic E-state index is 11.6. The number of sulfonamides is 1. The van der Waals surface area contributed by atoms with Crippen molar-refractivity contribution in [2.45, 2.75) is 12.2 Å². The molecule has 0 aromatic rings. The van der Waals surface area contributed by atoms with Crippen molar-refractivity contribution in [3.63, 3.8) is 0 Å². The summed E-state index contributed by atoms with van der Waals surface area (Å²) >= 11 is 0. The molecule has 0 bridgehead atoms. The highest BCUT2D eigenvalue weighted by atomic mass is 32.2. The van der Waals surface area contributed by atoms with Crippen molar-refractivity contribution in [1.82, 2.24) is 10.0 Å². The van der Waals surface area contributed by atoms with E-state index in [2.05, 4.69) is 10.0 Å². The first kappa shape index (κ1) is 15.8. The largest absolute Gasteiger partial charge is 0.383 e. The van der Waals surface area contributed by atoms with Gasteiger partial charge in [0.15, 0.2) is 0 Å². The summed E-state index contributed by atoms with van der Waals surface area (Å²) in [4.78, 5) is 0. The molecule has 0 spiro atoms. The van der Waals surface area contributed by atoms with Gasteiger partial charge in [-0.25, -0.2) is 13.1 Å². The minimum atomic E-state index is -3.26. The Labute approximate surface area is 97.7 Å². The Bertz CT molecular complexity index is 256. The molecule has 98 valence electrons. The zero-order chi connectivity index (χ0) is 12.4. The molecule has 0 aliphatic heterocycles. The van der Waals surface area contributed by atoms with Crippen molar-refractivity contribution in [3.8, 4) is 0 Å². The second-order valence-electron chi connectivity index (χ2n) is 3.45. The van der Waals surface area contributed by atoms with E-state index in [0.29, 0.717) is 26.2 Å². The van der Waals surface area contributed by atoms with E-state index in [1.807, 2.05) is 0 Å². The van der Waals surface area contributed by atoms with Gasteiger partial charge in [0, 0.05) is 33.9 Å². The Morgan fingerprint density at radius 2 is 1.81 bits per heavy atom. The summed E-state index contributed by atoms with van der Waals surface area (Å²) in [5, 5.41) is 2.52. The van der Waals surface area contributed by atoms with Crippen LogP contribution in [0.3, 0.4) is 0 Å². The third kappa shape index (κ3) is 7.13. The van der Waals surface area contributed by atoms with Crippen molar-refractivity contribution in [2.24, 2.45) is 0 Å². The van der Waals surface area contributed by atoms with E-state index in [1.165, 1.54) is 7.11 Å². The minimum absolute atomic E-state index is 0.201. The third-order valence-electron chi connectivity index (χ3n) is 2.02. The SMILES string of the molecule is COCCNCCNS(=O)(=O)C(C)COC. The summed E-state index contributed by atoms with van der Waals surface area (Å²) < 4.78 is 35.3. The maximum absolute atomic E-state index is 11.6. The van der Waals surface area contributed by atoms with Crippen LogP contribution >= 0.6 is 0 Å². The summed E-state index contributed by atoms with van der Waals surface area (Å²) in [6.45, 7) is 4.11. The molecule has 0 heterocycles. The molecule has 2 N–H and O–H groups in total. The second-order valence-corrected chi connectivity index (χ2v) is 5.63. The molecule has 0 fully saturated rings. The fourth-order valence-electron chi connectivity index (χ4n) is 1.05. The topological polar surface area (TPSA) is 76.7 Å². The van der Waals surface area contributed by atoms with E-state index in [1.54, 1.807) is 14.0 Å². The lowest BCUT2D eigenvalue weighted by molar-refractivity contribution is 0.199. The number of rotatable bonds is 10. The molecule has 0 aliphatic rings. The molecular formula is C9H22N2O4S. The van der Waals surface area contributed by atoms with Crippen LogP contribution in [0.4, 0.5) is 0 Å². The molecule has 16 heavy (non-hydrogen) atoms. The smallest absolute Gasteiger partial charge is 0.216 e. The molecule has 0 radical (unpaired) electrons. The predicted molar refractivity (Wildman–Crippen MR) is 63.0 cm³/mol. The van der Waals surface area contributed by atoms with E-state index >= 15 is 0 Å². The van der Waals surface area contributed by atoms with Gasteiger partial charge in [-0.2, -0.15) is 0 Å². The van der Waals surface area contributed by atoms with Crippen molar-refractivity contribution in [2.75, 3.05) is 47.1 Å². The van der Waals surface area contributed by atoms with Crippen molar-refractivity contribution < 1.29 is 17.9 Å². The molecule has 0 aromatic carbocycles. The highest BCUT2D eigenvalue weighted by Crippen LogP contribution is 1.97. The fraction of sp³-hybridized carbons (Fsp3) is 1.00. The number of hydrogen-bond donors (Lipinski definition) is 2. The van der Waals surface area contributed by atoms with Crippen LogP contribution in [-0.4, -0.2) is 60.7 Å². The molecule has 0 aliphatic carbocycles. The van der Waals surface area contributed by atoms with Gasteiger partial charge in [-0.1, -0.05) is 0 Å². The molecule has 0 saturated carbocycles. The summed E-state index contributed by atoms with van der Waals surface area (Å²) in [7, 11) is -0.155. The number of hydrogen-bond acceptors (Lipinski definition) is 5. The van der Waals surface area contributed by atoms with Crippen LogP contribution in [0.25, 0.3) is 0 Å². The first-order chi connectivity index (χ1) is 7.54. The van der Waals surface area contributed by atoms with Gasteiger partial charge in [-0.05, 0) is 6.92 Å². The molecule has 1 unspecified atom stereocenters. The Kier molecular flexibility index (Phi) is 8.77. The molecule has 7 heteroatoms. The first-order valence-corrected chi connectivity index (χ1v) is 6.76. The average Bonchev–Trinajstić information content (AvgIpc) is 2.23. The van der Waals surface area contributed by atoms with Crippen LogP contribution < -0.4 is 10.0 Å². The monoisotopic (exact) mass is 254 g/mol. The van der Waals surface area contributed by atoms with E-state index < -0.39 is 15.3 Å². The fourth-order valence-corrected chi connectivity index (χ4v) is 2.03. The van der Waals surface area contributed by atoms with Crippen molar-refractivity contribution >= 4 is 10.0 Å². The highest BCUT2D eigenvalue weighted by molar-refractivity contribution is 7.90. The van der Waals surface area contributed by atoms with E-state index in [4.69, 9.17) is 9.47 Å². The lowest BCUT2D eigenvalue weighted by Gasteiger charge is -2.13. The van der Waals surface area contributed by atoms with Gasteiger partial charge in [0.1, 0.15) is 0 Å². The summed E-state index contributed by atoms with van der Waals surface area (Å²) in [6, 6.07) is 0. The zero-order valence-electron chi connectivity index (χ0n) is 10.2. The molecular weight excluding hydrogens is 232 g/mol. The average molecular weight is 254 g/mol. The Morgan fingerprint density at radius 3 is 2.38 bits per heavy atom. The first-order valence-electron chi connectivity index (χ1n) is 5.21. The Morgan fingerprint density at radius 1 is 1.12 bits per heavy atom. The number of methoxy groups -OCH3 is 2.